The van der Waals surface area contributed by atoms with Crippen LogP contribution in [-0.2, 0) is 10.8 Å². The molecule has 0 saturated carbocycles. The van der Waals surface area contributed by atoms with E-state index in [1.807, 2.05) is 0 Å². The van der Waals surface area contributed by atoms with Crippen LogP contribution in [0.15, 0.2) is 231 Å². The van der Waals surface area contributed by atoms with Gasteiger partial charge in [0.1, 0.15) is 0 Å². The van der Waals surface area contributed by atoms with Gasteiger partial charge >= 0.3 is 0 Å². The third kappa shape index (κ3) is 6.77. The number of aryl methyl sites for hydroxylation is 2. The molecule has 0 spiro atoms. The number of hydrogen-bond acceptors (Lipinski definition) is 2. The lowest BCUT2D eigenvalue weighted by atomic mass is 9.72. The minimum Gasteiger partial charge on any atom is -0.310 e. The molecule has 11 aromatic carbocycles. The smallest absolute Gasteiger partial charge is 0.0540 e. The van der Waals surface area contributed by atoms with Crippen LogP contribution in [0.3, 0.4) is 0 Å². The summed E-state index contributed by atoms with van der Waals surface area (Å²) in [5, 5.41) is 4.89. The van der Waals surface area contributed by atoms with E-state index in [0.717, 1.165) is 11.4 Å². The molecular weight excluding hydrogens is 869 g/mol. The Morgan fingerprint density at radius 3 is 1.10 bits per heavy atom. The SMILES string of the molecule is Cc1cc(N(c2cccc(-c3ccccc3)c2)c2cccc3ccccc23)cc2c1-c1ccc3c(c1C2(C)C)C(C)(C)c1cc(N(c2cccc(-c4ccccc4)c2)c2cccc4ccccc24)cc(C)c1-3. The second kappa shape index (κ2) is 16.6. The first kappa shape index (κ1) is 43.6. The average molecular weight is 925 g/mol. The topological polar surface area (TPSA) is 6.48 Å². The zero-order valence-corrected chi connectivity index (χ0v) is 41.8. The first-order valence-corrected chi connectivity index (χ1v) is 25.4. The number of fused-ring (bicyclic) bond motifs is 9. The molecule has 346 valence electrons. The summed E-state index contributed by atoms with van der Waals surface area (Å²) in [6, 6.07) is 85.3. The zero-order chi connectivity index (χ0) is 48.9. The van der Waals surface area contributed by atoms with E-state index in [4.69, 9.17) is 0 Å². The highest BCUT2D eigenvalue weighted by Crippen LogP contribution is 2.61. The summed E-state index contributed by atoms with van der Waals surface area (Å²) in [5.74, 6) is 0. The molecule has 2 heteroatoms. The number of rotatable bonds is 8. The van der Waals surface area contributed by atoms with Crippen LogP contribution in [0, 0.1) is 13.8 Å². The van der Waals surface area contributed by atoms with Crippen LogP contribution in [0.25, 0.3) is 66.1 Å². The van der Waals surface area contributed by atoms with Crippen LogP contribution in [0.5, 0.6) is 0 Å². The number of anilines is 6. The van der Waals surface area contributed by atoms with Gasteiger partial charge in [0.05, 0.1) is 11.4 Å². The lowest BCUT2D eigenvalue weighted by Crippen LogP contribution is -2.24. The predicted octanol–water partition coefficient (Wildman–Crippen LogP) is 19.5. The van der Waals surface area contributed by atoms with Crippen LogP contribution >= 0.6 is 0 Å². The molecule has 0 atom stereocenters. The molecule has 0 N–H and O–H groups in total. The Kier molecular flexibility index (Phi) is 10.0. The first-order valence-electron chi connectivity index (χ1n) is 25.4. The van der Waals surface area contributed by atoms with Crippen molar-refractivity contribution in [3.8, 4) is 44.5 Å². The van der Waals surface area contributed by atoms with Crippen molar-refractivity contribution in [3.05, 3.63) is 264 Å². The second-order valence-corrected chi connectivity index (χ2v) is 21.0. The van der Waals surface area contributed by atoms with Crippen LogP contribution in [-0.4, -0.2) is 0 Å². The van der Waals surface area contributed by atoms with E-state index in [9.17, 15) is 0 Å². The largest absolute Gasteiger partial charge is 0.310 e. The summed E-state index contributed by atoms with van der Waals surface area (Å²) in [7, 11) is 0. The Bertz CT molecular complexity index is 3680. The minimum absolute atomic E-state index is 0.296. The van der Waals surface area contributed by atoms with Crippen LogP contribution < -0.4 is 9.80 Å². The highest BCUT2D eigenvalue weighted by atomic mass is 15.1. The third-order valence-corrected chi connectivity index (χ3v) is 15.9. The number of hydrogen-bond donors (Lipinski definition) is 0. The molecule has 0 bridgehead atoms. The average Bonchev–Trinajstić information content (AvgIpc) is 3.79. The zero-order valence-electron chi connectivity index (χ0n) is 41.8. The number of nitrogens with zero attached hydrogens (tertiary/aromatic N) is 2. The molecule has 0 fully saturated rings. The fraction of sp³-hybridized carbons (Fsp3) is 0.114. The minimum atomic E-state index is -0.296. The molecule has 2 nitrogen and oxygen atoms in total. The molecule has 0 saturated heterocycles. The molecule has 2 aliphatic carbocycles. The molecule has 0 amide bonds. The van der Waals surface area contributed by atoms with Gasteiger partial charge in [0, 0.05) is 44.4 Å². The Labute approximate surface area is 424 Å². The quantitative estimate of drug-likeness (QED) is 0.150. The standard InChI is InChI=1S/C70H56N2/c1-45-39-55(71(63-35-19-27-49-25-13-15-33-57(49)63)53-31-17-29-51(41-53)47-21-9-7-10-22-47)43-61-65(45)59-37-38-60-66-46(2)40-56(44-62(66)70(5,6)68(60)67(59)69(61,3)4)72(64-36-20-28-50-26-14-16-34-58(50)64)54-32-18-30-52(42-54)48-23-11-8-12-24-48/h7-44H,1-6H3. The molecule has 0 heterocycles. The van der Waals surface area contributed by atoms with E-state index < -0.39 is 0 Å². The molecule has 0 aliphatic heterocycles. The van der Waals surface area contributed by atoms with Gasteiger partial charge in [-0.05, 0) is 163 Å². The van der Waals surface area contributed by atoms with Gasteiger partial charge in [0.15, 0.2) is 0 Å². The van der Waals surface area contributed by atoms with Crippen LogP contribution in [0.4, 0.5) is 34.1 Å². The maximum atomic E-state index is 2.51. The molecule has 11 aromatic rings. The van der Waals surface area contributed by atoms with Crippen molar-refractivity contribution in [2.24, 2.45) is 0 Å². The fourth-order valence-electron chi connectivity index (χ4n) is 12.7. The van der Waals surface area contributed by atoms with Gasteiger partial charge in [-0.3, -0.25) is 0 Å². The predicted molar refractivity (Wildman–Crippen MR) is 306 cm³/mol. The first-order chi connectivity index (χ1) is 35.1. The maximum absolute atomic E-state index is 2.51. The Balaban J connectivity index is 0.963. The van der Waals surface area contributed by atoms with Gasteiger partial charge in [-0.1, -0.05) is 198 Å². The maximum Gasteiger partial charge on any atom is 0.0540 e. The van der Waals surface area contributed by atoms with Crippen molar-refractivity contribution in [1.29, 1.82) is 0 Å². The Morgan fingerprint density at radius 1 is 0.306 bits per heavy atom. The highest BCUT2D eigenvalue weighted by molar-refractivity contribution is 6.02. The van der Waals surface area contributed by atoms with E-state index in [2.05, 4.69) is 282 Å². The normalized spacial score (nSPS) is 13.6. The fourth-order valence-corrected chi connectivity index (χ4v) is 12.7. The van der Waals surface area contributed by atoms with E-state index >= 15 is 0 Å². The van der Waals surface area contributed by atoms with Crippen LogP contribution in [0.2, 0.25) is 0 Å². The van der Waals surface area contributed by atoms with Gasteiger partial charge in [0.2, 0.25) is 0 Å². The summed E-state index contributed by atoms with van der Waals surface area (Å²) in [5.41, 5.74) is 24.8. The molecule has 0 radical (unpaired) electrons. The van der Waals surface area contributed by atoms with Gasteiger partial charge in [-0.2, -0.15) is 0 Å². The summed E-state index contributed by atoms with van der Waals surface area (Å²) < 4.78 is 0. The van der Waals surface area contributed by atoms with E-state index in [-0.39, 0.29) is 10.8 Å². The van der Waals surface area contributed by atoms with E-state index in [1.54, 1.807) is 0 Å². The Morgan fingerprint density at radius 2 is 0.667 bits per heavy atom. The van der Waals surface area contributed by atoms with Gasteiger partial charge in [0.25, 0.3) is 0 Å². The van der Waals surface area contributed by atoms with Crippen molar-refractivity contribution in [3.63, 3.8) is 0 Å². The summed E-state index contributed by atoms with van der Waals surface area (Å²) in [6.45, 7) is 14.5. The van der Waals surface area contributed by atoms with Crippen LogP contribution in [0.1, 0.15) is 61.1 Å². The lowest BCUT2D eigenvalue weighted by molar-refractivity contribution is 0.601. The summed E-state index contributed by atoms with van der Waals surface area (Å²) in [6.07, 6.45) is 0. The van der Waals surface area contributed by atoms with Crippen molar-refractivity contribution < 1.29 is 0 Å². The monoisotopic (exact) mass is 924 g/mol. The van der Waals surface area contributed by atoms with E-state index in [0.29, 0.717) is 0 Å². The van der Waals surface area contributed by atoms with Crippen molar-refractivity contribution in [1.82, 2.24) is 0 Å². The van der Waals surface area contributed by atoms with Gasteiger partial charge in [-0.25, -0.2) is 0 Å². The molecule has 13 rings (SSSR count). The van der Waals surface area contributed by atoms with E-state index in [1.165, 1.54) is 122 Å². The molecule has 0 unspecified atom stereocenters. The van der Waals surface area contributed by atoms with Gasteiger partial charge in [-0.15, -0.1) is 0 Å². The summed E-state index contributed by atoms with van der Waals surface area (Å²) >= 11 is 0. The summed E-state index contributed by atoms with van der Waals surface area (Å²) in [4.78, 5) is 4.99. The van der Waals surface area contributed by atoms with Gasteiger partial charge < -0.3 is 9.80 Å². The molecular formula is C70H56N2. The second-order valence-electron chi connectivity index (χ2n) is 21.0. The van der Waals surface area contributed by atoms with Crippen molar-refractivity contribution in [2.75, 3.05) is 9.80 Å². The highest BCUT2D eigenvalue weighted by Gasteiger charge is 2.47. The van der Waals surface area contributed by atoms with Crippen molar-refractivity contribution >= 4 is 55.7 Å². The molecule has 72 heavy (non-hydrogen) atoms. The molecule has 2 aliphatic rings. The Hall–Kier alpha value is -8.46. The number of benzene rings is 11. The molecule has 0 aromatic heterocycles. The third-order valence-electron chi connectivity index (χ3n) is 15.9. The lowest BCUT2D eigenvalue weighted by Gasteiger charge is -2.32. The van der Waals surface area contributed by atoms with Crippen molar-refractivity contribution in [2.45, 2.75) is 52.4 Å².